The Balaban J connectivity index is 1.74. The number of pyridine rings is 1. The van der Waals surface area contributed by atoms with Gasteiger partial charge in [0, 0.05) is 17.8 Å². The van der Waals surface area contributed by atoms with Gasteiger partial charge in [0.15, 0.2) is 0 Å². The Kier molecular flexibility index (Phi) is 4.38. The molecule has 0 saturated heterocycles. The van der Waals surface area contributed by atoms with Gasteiger partial charge in [-0.15, -0.1) is 0 Å². The summed E-state index contributed by atoms with van der Waals surface area (Å²) in [7, 11) is 0. The van der Waals surface area contributed by atoms with Crippen LogP contribution in [-0.2, 0) is 4.74 Å². The number of nitrogens with zero attached hydrogens (tertiary/aromatic N) is 1. The van der Waals surface area contributed by atoms with Gasteiger partial charge in [0.2, 0.25) is 5.88 Å². The van der Waals surface area contributed by atoms with E-state index in [4.69, 9.17) is 13.9 Å². The van der Waals surface area contributed by atoms with E-state index in [1.165, 1.54) is 6.20 Å². The van der Waals surface area contributed by atoms with Crippen LogP contribution in [0.2, 0.25) is 0 Å². The molecule has 5 heteroatoms. The second-order valence-electron chi connectivity index (χ2n) is 4.71. The zero-order valence-corrected chi connectivity index (χ0v) is 12.6. The standard InChI is InChI=1S/C18H15NO4/c1-2-21-18(20)14-9-10-19-17(12-14)23-15-7-5-13(6-8-15)16-4-3-11-22-16/h3-12H,2H2,1H3. The highest BCUT2D eigenvalue weighted by molar-refractivity contribution is 5.89. The molecule has 2 aromatic heterocycles. The summed E-state index contributed by atoms with van der Waals surface area (Å²) < 4.78 is 16.0. The Hall–Kier alpha value is -3.08. The minimum absolute atomic E-state index is 0.325. The molecule has 0 N–H and O–H groups in total. The number of hydrogen-bond donors (Lipinski definition) is 0. The lowest BCUT2D eigenvalue weighted by molar-refractivity contribution is 0.0526. The Bertz CT molecular complexity index is 779. The Morgan fingerprint density at radius 2 is 2.00 bits per heavy atom. The lowest BCUT2D eigenvalue weighted by Gasteiger charge is -2.07. The predicted molar refractivity (Wildman–Crippen MR) is 84.4 cm³/mol. The first-order valence-electron chi connectivity index (χ1n) is 7.21. The summed E-state index contributed by atoms with van der Waals surface area (Å²) in [5.74, 6) is 1.35. The van der Waals surface area contributed by atoms with Gasteiger partial charge in [-0.05, 0) is 49.4 Å². The van der Waals surface area contributed by atoms with E-state index >= 15 is 0 Å². The van der Waals surface area contributed by atoms with E-state index in [1.807, 2.05) is 36.4 Å². The summed E-state index contributed by atoms with van der Waals surface area (Å²) in [6, 6.07) is 14.3. The maximum absolute atomic E-state index is 11.7. The average Bonchev–Trinajstić information content (AvgIpc) is 3.11. The molecular weight excluding hydrogens is 294 g/mol. The summed E-state index contributed by atoms with van der Waals surface area (Å²) in [5.41, 5.74) is 1.36. The minimum atomic E-state index is -0.395. The highest BCUT2D eigenvalue weighted by Gasteiger charge is 2.09. The number of carbonyl (C=O) groups excluding carboxylic acids is 1. The first-order chi connectivity index (χ1) is 11.3. The molecule has 0 spiro atoms. The smallest absolute Gasteiger partial charge is 0.338 e. The van der Waals surface area contributed by atoms with Gasteiger partial charge in [0.25, 0.3) is 0 Å². The maximum atomic E-state index is 11.7. The van der Waals surface area contributed by atoms with Crippen molar-refractivity contribution in [2.45, 2.75) is 6.92 Å². The zero-order chi connectivity index (χ0) is 16.1. The first-order valence-corrected chi connectivity index (χ1v) is 7.21. The Labute approximate surface area is 133 Å². The molecule has 0 atom stereocenters. The molecule has 3 rings (SSSR count). The van der Waals surface area contributed by atoms with Crippen LogP contribution < -0.4 is 4.74 Å². The molecule has 5 nitrogen and oxygen atoms in total. The summed E-state index contributed by atoms with van der Waals surface area (Å²) in [5, 5.41) is 0. The van der Waals surface area contributed by atoms with E-state index < -0.39 is 5.97 Å². The number of carbonyl (C=O) groups is 1. The van der Waals surface area contributed by atoms with Crippen molar-refractivity contribution in [3.8, 4) is 23.0 Å². The van der Waals surface area contributed by atoms with Gasteiger partial charge in [0.1, 0.15) is 11.5 Å². The fourth-order valence-corrected chi connectivity index (χ4v) is 2.06. The normalized spacial score (nSPS) is 10.3. The van der Waals surface area contributed by atoms with Gasteiger partial charge in [-0.1, -0.05) is 0 Å². The molecule has 0 aliphatic carbocycles. The van der Waals surface area contributed by atoms with E-state index in [0.717, 1.165) is 11.3 Å². The number of esters is 1. The van der Waals surface area contributed by atoms with Crippen LogP contribution in [0.4, 0.5) is 0 Å². The average molecular weight is 309 g/mol. The Morgan fingerprint density at radius 3 is 2.70 bits per heavy atom. The van der Waals surface area contributed by atoms with Gasteiger partial charge in [-0.2, -0.15) is 0 Å². The molecule has 0 bridgehead atoms. The lowest BCUT2D eigenvalue weighted by atomic mass is 10.2. The summed E-state index contributed by atoms with van der Waals surface area (Å²) in [6.45, 7) is 2.09. The van der Waals surface area contributed by atoms with Crippen molar-refractivity contribution < 1.29 is 18.7 Å². The quantitative estimate of drug-likeness (QED) is 0.657. The third-order valence-electron chi connectivity index (χ3n) is 3.13. The number of aromatic nitrogens is 1. The zero-order valence-electron chi connectivity index (χ0n) is 12.6. The van der Waals surface area contributed by atoms with Gasteiger partial charge in [-0.3, -0.25) is 0 Å². The van der Waals surface area contributed by atoms with Crippen LogP contribution in [0.3, 0.4) is 0 Å². The topological polar surface area (TPSA) is 61.6 Å². The van der Waals surface area contributed by atoms with Crippen LogP contribution >= 0.6 is 0 Å². The van der Waals surface area contributed by atoms with Crippen molar-refractivity contribution in [2.24, 2.45) is 0 Å². The SMILES string of the molecule is CCOC(=O)c1ccnc(Oc2ccc(-c3ccco3)cc2)c1. The number of ether oxygens (including phenoxy) is 2. The molecule has 23 heavy (non-hydrogen) atoms. The number of hydrogen-bond acceptors (Lipinski definition) is 5. The van der Waals surface area contributed by atoms with Gasteiger partial charge >= 0.3 is 5.97 Å². The van der Waals surface area contributed by atoms with E-state index in [-0.39, 0.29) is 0 Å². The van der Waals surface area contributed by atoms with Crippen molar-refractivity contribution in [3.05, 3.63) is 66.6 Å². The second-order valence-corrected chi connectivity index (χ2v) is 4.71. The van der Waals surface area contributed by atoms with Crippen LogP contribution in [0, 0.1) is 0 Å². The predicted octanol–water partition coefficient (Wildman–Crippen LogP) is 4.31. The number of rotatable bonds is 5. The summed E-state index contributed by atoms with van der Waals surface area (Å²) in [4.78, 5) is 15.8. The van der Waals surface area contributed by atoms with Crippen molar-refractivity contribution in [2.75, 3.05) is 6.61 Å². The molecular formula is C18H15NO4. The van der Waals surface area contributed by atoms with Crippen molar-refractivity contribution in [1.82, 2.24) is 4.98 Å². The third kappa shape index (κ3) is 3.58. The molecule has 3 aromatic rings. The fourth-order valence-electron chi connectivity index (χ4n) is 2.06. The van der Waals surface area contributed by atoms with Crippen LogP contribution in [0.1, 0.15) is 17.3 Å². The minimum Gasteiger partial charge on any atom is -0.464 e. The molecule has 0 aliphatic heterocycles. The summed E-state index contributed by atoms with van der Waals surface area (Å²) in [6.07, 6.45) is 3.14. The third-order valence-corrected chi connectivity index (χ3v) is 3.13. The van der Waals surface area contributed by atoms with Gasteiger partial charge in [0.05, 0.1) is 18.4 Å². The molecule has 0 unspecified atom stereocenters. The number of furan rings is 1. The van der Waals surface area contributed by atoms with Crippen molar-refractivity contribution in [3.63, 3.8) is 0 Å². The molecule has 2 heterocycles. The van der Waals surface area contributed by atoms with E-state index in [9.17, 15) is 4.79 Å². The van der Waals surface area contributed by atoms with Crippen LogP contribution in [0.5, 0.6) is 11.6 Å². The molecule has 0 radical (unpaired) electrons. The molecule has 0 amide bonds. The van der Waals surface area contributed by atoms with Crippen LogP contribution in [0.15, 0.2) is 65.4 Å². The van der Waals surface area contributed by atoms with Gasteiger partial charge in [-0.25, -0.2) is 9.78 Å². The van der Waals surface area contributed by atoms with E-state index in [2.05, 4.69) is 4.98 Å². The first kappa shape index (κ1) is 14.8. The van der Waals surface area contributed by atoms with E-state index in [1.54, 1.807) is 25.3 Å². The monoisotopic (exact) mass is 309 g/mol. The maximum Gasteiger partial charge on any atom is 0.338 e. The van der Waals surface area contributed by atoms with Gasteiger partial charge < -0.3 is 13.9 Å². The molecule has 0 saturated carbocycles. The highest BCUT2D eigenvalue weighted by Crippen LogP contribution is 2.25. The van der Waals surface area contributed by atoms with Crippen LogP contribution in [0.25, 0.3) is 11.3 Å². The molecule has 0 fully saturated rings. The number of benzene rings is 1. The molecule has 116 valence electrons. The second kappa shape index (κ2) is 6.79. The molecule has 0 aliphatic rings. The fraction of sp³-hybridized carbons (Fsp3) is 0.111. The van der Waals surface area contributed by atoms with Crippen molar-refractivity contribution in [1.29, 1.82) is 0 Å². The van der Waals surface area contributed by atoms with Crippen molar-refractivity contribution >= 4 is 5.97 Å². The molecule has 1 aromatic carbocycles. The highest BCUT2D eigenvalue weighted by atomic mass is 16.5. The summed E-state index contributed by atoms with van der Waals surface area (Å²) >= 11 is 0. The Morgan fingerprint density at radius 1 is 1.17 bits per heavy atom. The lowest BCUT2D eigenvalue weighted by Crippen LogP contribution is -2.04. The van der Waals surface area contributed by atoms with E-state index in [0.29, 0.717) is 23.8 Å². The largest absolute Gasteiger partial charge is 0.464 e. The van der Waals surface area contributed by atoms with Crippen LogP contribution in [-0.4, -0.2) is 17.6 Å².